The van der Waals surface area contributed by atoms with Crippen LogP contribution in [0.4, 0.5) is 0 Å². The Bertz CT molecular complexity index is 517. The van der Waals surface area contributed by atoms with Gasteiger partial charge in [-0.05, 0) is 30.3 Å². The van der Waals surface area contributed by atoms with Gasteiger partial charge in [0.25, 0.3) is 0 Å². The zero-order chi connectivity index (χ0) is 12.8. The minimum Gasteiger partial charge on any atom is -0.390 e. The molecule has 1 aromatic rings. The van der Waals surface area contributed by atoms with E-state index in [-0.39, 0.29) is 10.8 Å². The first-order valence-electron chi connectivity index (χ1n) is 5.99. The second-order valence-corrected chi connectivity index (χ2v) is 6.02. The zero-order valence-electron chi connectivity index (χ0n) is 10.2. The first kappa shape index (κ1) is 12.3. The van der Waals surface area contributed by atoms with Gasteiger partial charge in [0.1, 0.15) is 0 Å². The number of hydrogen-bond acceptors (Lipinski definition) is 2. The van der Waals surface area contributed by atoms with E-state index >= 15 is 0 Å². The SMILES string of the molecule is COC[C@]12CNC=C[C@@]1(c1ccc(Cl)c(Cl)c1)C2. The second-order valence-electron chi connectivity index (χ2n) is 5.20. The molecule has 1 N–H and O–H groups in total. The maximum Gasteiger partial charge on any atom is 0.0595 e. The fourth-order valence-corrected chi connectivity index (χ4v) is 3.48. The topological polar surface area (TPSA) is 21.3 Å². The Balaban J connectivity index is 2.02. The molecule has 0 aromatic heterocycles. The van der Waals surface area contributed by atoms with Crippen molar-refractivity contribution in [1.82, 2.24) is 5.32 Å². The Kier molecular flexibility index (Phi) is 2.85. The number of halogens is 2. The summed E-state index contributed by atoms with van der Waals surface area (Å²) in [4.78, 5) is 0. The van der Waals surface area contributed by atoms with Crippen LogP contribution >= 0.6 is 23.2 Å². The smallest absolute Gasteiger partial charge is 0.0595 e. The van der Waals surface area contributed by atoms with E-state index in [0.29, 0.717) is 10.0 Å². The molecule has 4 heteroatoms. The standard InChI is InChI=1S/C14H15Cl2NO/c1-18-9-13-7-14(13,4-5-17-8-13)10-2-3-11(15)12(16)6-10/h2-6,17H,7-9H2,1H3/t13-,14-/m0/s1. The van der Waals surface area contributed by atoms with Crippen LogP contribution in [0.25, 0.3) is 0 Å². The van der Waals surface area contributed by atoms with E-state index < -0.39 is 0 Å². The molecule has 1 aliphatic heterocycles. The molecule has 0 bridgehead atoms. The molecule has 0 radical (unpaired) electrons. The molecular formula is C14H15Cl2NO. The van der Waals surface area contributed by atoms with Crippen LogP contribution in [0, 0.1) is 5.41 Å². The van der Waals surface area contributed by atoms with Gasteiger partial charge in [0.05, 0.1) is 16.7 Å². The Labute approximate surface area is 117 Å². The van der Waals surface area contributed by atoms with Gasteiger partial charge in [0.15, 0.2) is 0 Å². The van der Waals surface area contributed by atoms with Crippen molar-refractivity contribution >= 4 is 23.2 Å². The third kappa shape index (κ3) is 1.59. The average molecular weight is 284 g/mol. The van der Waals surface area contributed by atoms with Crippen molar-refractivity contribution in [1.29, 1.82) is 0 Å². The van der Waals surface area contributed by atoms with Gasteiger partial charge < -0.3 is 10.1 Å². The van der Waals surface area contributed by atoms with Crippen molar-refractivity contribution in [2.24, 2.45) is 5.41 Å². The number of methoxy groups -OCH3 is 1. The molecule has 0 unspecified atom stereocenters. The summed E-state index contributed by atoms with van der Waals surface area (Å²) in [5.74, 6) is 0. The van der Waals surface area contributed by atoms with E-state index in [1.54, 1.807) is 7.11 Å². The molecule has 1 saturated carbocycles. The number of hydrogen-bond donors (Lipinski definition) is 1. The molecule has 0 amide bonds. The fraction of sp³-hybridized carbons (Fsp3) is 0.429. The van der Waals surface area contributed by atoms with Crippen molar-refractivity contribution in [3.05, 3.63) is 46.1 Å². The first-order valence-corrected chi connectivity index (χ1v) is 6.75. The molecule has 1 fully saturated rings. The molecule has 2 nitrogen and oxygen atoms in total. The van der Waals surface area contributed by atoms with Crippen LogP contribution in [0.1, 0.15) is 12.0 Å². The Morgan fingerprint density at radius 1 is 1.33 bits per heavy atom. The predicted molar refractivity (Wildman–Crippen MR) is 74.2 cm³/mol. The van der Waals surface area contributed by atoms with Gasteiger partial charge in [-0.3, -0.25) is 0 Å². The largest absolute Gasteiger partial charge is 0.390 e. The van der Waals surface area contributed by atoms with E-state index in [9.17, 15) is 0 Å². The summed E-state index contributed by atoms with van der Waals surface area (Å²) < 4.78 is 5.39. The minimum absolute atomic E-state index is 0.0580. The van der Waals surface area contributed by atoms with E-state index in [0.717, 1.165) is 19.6 Å². The quantitative estimate of drug-likeness (QED) is 0.918. The summed E-state index contributed by atoms with van der Waals surface area (Å²) in [5, 5.41) is 4.53. The molecule has 2 aliphatic rings. The van der Waals surface area contributed by atoms with Crippen LogP contribution < -0.4 is 5.32 Å². The fourth-order valence-electron chi connectivity index (χ4n) is 3.19. The van der Waals surface area contributed by atoms with Gasteiger partial charge in [-0.15, -0.1) is 0 Å². The maximum absolute atomic E-state index is 6.13. The number of allylic oxidation sites excluding steroid dienone is 1. The van der Waals surface area contributed by atoms with Crippen molar-refractivity contribution < 1.29 is 4.74 Å². The van der Waals surface area contributed by atoms with E-state index in [2.05, 4.69) is 17.5 Å². The van der Waals surface area contributed by atoms with Crippen molar-refractivity contribution in [3.8, 4) is 0 Å². The van der Waals surface area contributed by atoms with Gasteiger partial charge in [0.2, 0.25) is 0 Å². The lowest BCUT2D eigenvalue weighted by Crippen LogP contribution is -2.34. The molecule has 18 heavy (non-hydrogen) atoms. The van der Waals surface area contributed by atoms with Crippen molar-refractivity contribution in [3.63, 3.8) is 0 Å². The number of nitrogens with one attached hydrogen (secondary N) is 1. The molecule has 0 spiro atoms. The van der Waals surface area contributed by atoms with Crippen molar-refractivity contribution in [2.45, 2.75) is 11.8 Å². The second kappa shape index (κ2) is 4.16. The van der Waals surface area contributed by atoms with E-state index in [1.807, 2.05) is 18.3 Å². The van der Waals surface area contributed by atoms with Crippen LogP contribution in [0.5, 0.6) is 0 Å². The zero-order valence-corrected chi connectivity index (χ0v) is 11.7. The summed E-state index contributed by atoms with van der Waals surface area (Å²) >= 11 is 12.1. The highest BCUT2D eigenvalue weighted by Crippen LogP contribution is 2.66. The molecule has 0 saturated heterocycles. The lowest BCUT2D eigenvalue weighted by Gasteiger charge is -2.27. The first-order chi connectivity index (χ1) is 8.63. The molecule has 1 heterocycles. The van der Waals surface area contributed by atoms with Gasteiger partial charge >= 0.3 is 0 Å². The maximum atomic E-state index is 6.13. The van der Waals surface area contributed by atoms with Crippen LogP contribution in [-0.4, -0.2) is 20.3 Å². The van der Waals surface area contributed by atoms with Gasteiger partial charge in [0, 0.05) is 24.5 Å². The Hall–Kier alpha value is -0.700. The van der Waals surface area contributed by atoms with Crippen LogP contribution in [0.2, 0.25) is 10.0 Å². The number of ether oxygens (including phenoxy) is 1. The summed E-state index contributed by atoms with van der Waals surface area (Å²) in [6.45, 7) is 1.70. The molecular weight excluding hydrogens is 269 g/mol. The molecule has 1 aliphatic carbocycles. The molecule has 2 atom stereocenters. The molecule has 3 rings (SSSR count). The highest BCUT2D eigenvalue weighted by molar-refractivity contribution is 6.42. The van der Waals surface area contributed by atoms with Crippen LogP contribution in [0.15, 0.2) is 30.5 Å². The number of fused-ring (bicyclic) bond motifs is 1. The van der Waals surface area contributed by atoms with Crippen molar-refractivity contribution in [2.75, 3.05) is 20.3 Å². The van der Waals surface area contributed by atoms with Crippen LogP contribution in [0.3, 0.4) is 0 Å². The summed E-state index contributed by atoms with van der Waals surface area (Å²) in [7, 11) is 1.75. The van der Waals surface area contributed by atoms with E-state index in [1.165, 1.54) is 5.56 Å². The predicted octanol–water partition coefficient (Wildman–Crippen LogP) is 3.38. The molecule has 96 valence electrons. The lowest BCUT2D eigenvalue weighted by molar-refractivity contribution is 0.130. The van der Waals surface area contributed by atoms with Gasteiger partial charge in [-0.2, -0.15) is 0 Å². The van der Waals surface area contributed by atoms with Gasteiger partial charge in [-0.1, -0.05) is 35.3 Å². The Morgan fingerprint density at radius 3 is 2.89 bits per heavy atom. The van der Waals surface area contributed by atoms with Gasteiger partial charge in [-0.25, -0.2) is 0 Å². The molecule has 1 aromatic carbocycles. The third-order valence-electron chi connectivity index (χ3n) is 4.22. The minimum atomic E-state index is 0.0580. The third-order valence-corrected chi connectivity index (χ3v) is 4.96. The highest BCUT2D eigenvalue weighted by Gasteiger charge is 2.67. The Morgan fingerprint density at radius 2 is 2.17 bits per heavy atom. The normalized spacial score (nSPS) is 32.8. The average Bonchev–Trinajstić information content (AvgIpc) is 3.03. The monoisotopic (exact) mass is 283 g/mol. The lowest BCUT2D eigenvalue weighted by atomic mass is 9.84. The number of rotatable bonds is 3. The van der Waals surface area contributed by atoms with Crippen LogP contribution in [-0.2, 0) is 10.2 Å². The summed E-state index contributed by atoms with van der Waals surface area (Å²) in [6, 6.07) is 5.93. The summed E-state index contributed by atoms with van der Waals surface area (Å²) in [5.41, 5.74) is 1.45. The van der Waals surface area contributed by atoms with E-state index in [4.69, 9.17) is 27.9 Å². The summed E-state index contributed by atoms with van der Waals surface area (Å²) in [6.07, 6.45) is 5.35. The number of benzene rings is 1. The highest BCUT2D eigenvalue weighted by atomic mass is 35.5.